The average Bonchev–Trinajstić information content (AvgIpc) is 2.95. The van der Waals surface area contributed by atoms with Gasteiger partial charge in [-0.2, -0.15) is 0 Å². The molecule has 0 aliphatic carbocycles. The molecule has 0 bridgehead atoms. The van der Waals surface area contributed by atoms with Gasteiger partial charge >= 0.3 is 0 Å². The number of rotatable bonds is 5. The third-order valence-corrected chi connectivity index (χ3v) is 3.45. The molecule has 21 heavy (non-hydrogen) atoms. The van der Waals surface area contributed by atoms with Gasteiger partial charge < -0.3 is 4.42 Å². The highest BCUT2D eigenvalue weighted by Gasteiger charge is 2.13. The van der Waals surface area contributed by atoms with Gasteiger partial charge in [-0.05, 0) is 42.3 Å². The van der Waals surface area contributed by atoms with Crippen molar-refractivity contribution < 1.29 is 4.42 Å². The van der Waals surface area contributed by atoms with Crippen molar-refractivity contribution in [2.24, 2.45) is 0 Å². The smallest absolute Gasteiger partial charge is 0.117 e. The summed E-state index contributed by atoms with van der Waals surface area (Å²) in [6.07, 6.45) is 3.65. The minimum absolute atomic E-state index is 0.125. The predicted octanol–water partition coefficient (Wildman–Crippen LogP) is 3.86. The summed E-state index contributed by atoms with van der Waals surface area (Å²) in [6, 6.07) is 18.6. The molecule has 0 saturated heterocycles. The molecule has 0 spiro atoms. The predicted molar refractivity (Wildman–Crippen MR) is 82.8 cm³/mol. The maximum absolute atomic E-state index is 5.63. The summed E-state index contributed by atoms with van der Waals surface area (Å²) in [5.41, 5.74) is 2.42. The standard InChI is InChI=1S/C18H18N2O/c1-14-7-8-17(21-14)13-20-18(15-5-3-2-4-6-15)16-9-11-19-12-10-16/h2-12,18,20H,13H2,1H3. The van der Waals surface area contributed by atoms with Crippen molar-refractivity contribution in [3.8, 4) is 0 Å². The zero-order chi connectivity index (χ0) is 14.5. The minimum Gasteiger partial charge on any atom is -0.465 e. The SMILES string of the molecule is Cc1ccc(CNC(c2ccccc2)c2ccncc2)o1. The monoisotopic (exact) mass is 278 g/mol. The first kappa shape index (κ1) is 13.6. The topological polar surface area (TPSA) is 38.1 Å². The lowest BCUT2D eigenvalue weighted by Gasteiger charge is -2.19. The molecule has 1 atom stereocenters. The molecule has 0 fully saturated rings. The van der Waals surface area contributed by atoms with Crippen molar-refractivity contribution >= 4 is 0 Å². The van der Waals surface area contributed by atoms with Crippen molar-refractivity contribution in [2.45, 2.75) is 19.5 Å². The highest BCUT2D eigenvalue weighted by molar-refractivity contribution is 5.30. The van der Waals surface area contributed by atoms with E-state index < -0.39 is 0 Å². The van der Waals surface area contributed by atoms with Crippen LogP contribution >= 0.6 is 0 Å². The van der Waals surface area contributed by atoms with E-state index in [0.717, 1.165) is 11.5 Å². The van der Waals surface area contributed by atoms with Gasteiger partial charge in [0.15, 0.2) is 0 Å². The number of hydrogen-bond donors (Lipinski definition) is 1. The number of nitrogens with one attached hydrogen (secondary N) is 1. The summed E-state index contributed by atoms with van der Waals surface area (Å²) < 4.78 is 5.63. The van der Waals surface area contributed by atoms with E-state index in [1.165, 1.54) is 11.1 Å². The molecule has 0 radical (unpaired) electrons. The summed E-state index contributed by atoms with van der Waals surface area (Å²) >= 11 is 0. The summed E-state index contributed by atoms with van der Waals surface area (Å²) in [4.78, 5) is 4.10. The Kier molecular flexibility index (Phi) is 4.12. The van der Waals surface area contributed by atoms with Crippen LogP contribution in [0.25, 0.3) is 0 Å². The van der Waals surface area contributed by atoms with Crippen LogP contribution in [0.4, 0.5) is 0 Å². The number of aryl methyl sites for hydroxylation is 1. The highest BCUT2D eigenvalue weighted by Crippen LogP contribution is 2.22. The van der Waals surface area contributed by atoms with E-state index in [1.54, 1.807) is 0 Å². The third-order valence-electron chi connectivity index (χ3n) is 3.45. The zero-order valence-corrected chi connectivity index (χ0v) is 12.0. The van der Waals surface area contributed by atoms with Crippen LogP contribution in [-0.4, -0.2) is 4.98 Å². The summed E-state index contributed by atoms with van der Waals surface area (Å²) in [7, 11) is 0. The third kappa shape index (κ3) is 3.38. The van der Waals surface area contributed by atoms with Gasteiger partial charge in [-0.1, -0.05) is 30.3 Å². The van der Waals surface area contributed by atoms with Crippen LogP contribution in [0, 0.1) is 6.92 Å². The second-order valence-electron chi connectivity index (χ2n) is 5.02. The Morgan fingerprint density at radius 3 is 2.33 bits per heavy atom. The molecule has 0 aliphatic rings. The Balaban J connectivity index is 1.83. The molecule has 3 aromatic rings. The second-order valence-corrected chi connectivity index (χ2v) is 5.02. The Morgan fingerprint density at radius 2 is 1.67 bits per heavy atom. The van der Waals surface area contributed by atoms with Crippen LogP contribution in [-0.2, 0) is 6.54 Å². The lowest BCUT2D eigenvalue weighted by Crippen LogP contribution is -2.21. The normalized spacial score (nSPS) is 12.2. The molecule has 106 valence electrons. The Morgan fingerprint density at radius 1 is 0.952 bits per heavy atom. The van der Waals surface area contributed by atoms with Crippen LogP contribution in [0.3, 0.4) is 0 Å². The first-order chi connectivity index (χ1) is 10.3. The van der Waals surface area contributed by atoms with Crippen molar-refractivity contribution in [3.63, 3.8) is 0 Å². The second kappa shape index (κ2) is 6.37. The molecule has 1 unspecified atom stereocenters. The van der Waals surface area contributed by atoms with Gasteiger partial charge in [0.25, 0.3) is 0 Å². The van der Waals surface area contributed by atoms with Gasteiger partial charge in [-0.3, -0.25) is 10.3 Å². The van der Waals surface area contributed by atoms with E-state index in [9.17, 15) is 0 Å². The van der Waals surface area contributed by atoms with Crippen molar-refractivity contribution in [1.82, 2.24) is 10.3 Å². The van der Waals surface area contributed by atoms with Crippen LogP contribution in [0.1, 0.15) is 28.7 Å². The first-order valence-corrected chi connectivity index (χ1v) is 7.06. The van der Waals surface area contributed by atoms with Gasteiger partial charge in [0, 0.05) is 12.4 Å². The summed E-state index contributed by atoms with van der Waals surface area (Å²) in [5, 5.41) is 3.56. The number of hydrogen-bond acceptors (Lipinski definition) is 3. The van der Waals surface area contributed by atoms with Crippen LogP contribution < -0.4 is 5.32 Å². The fourth-order valence-corrected chi connectivity index (χ4v) is 2.41. The number of pyridine rings is 1. The lowest BCUT2D eigenvalue weighted by molar-refractivity contribution is 0.450. The van der Waals surface area contributed by atoms with Gasteiger partial charge in [0.1, 0.15) is 11.5 Å². The van der Waals surface area contributed by atoms with E-state index in [0.29, 0.717) is 6.54 Å². The fraction of sp³-hybridized carbons (Fsp3) is 0.167. The van der Waals surface area contributed by atoms with Crippen molar-refractivity contribution in [3.05, 3.63) is 89.6 Å². The molecule has 0 aliphatic heterocycles. The zero-order valence-electron chi connectivity index (χ0n) is 12.0. The van der Waals surface area contributed by atoms with E-state index in [1.807, 2.05) is 49.6 Å². The molecule has 2 heterocycles. The number of benzene rings is 1. The van der Waals surface area contributed by atoms with Crippen molar-refractivity contribution in [1.29, 1.82) is 0 Å². The molecule has 0 amide bonds. The molecule has 1 aromatic carbocycles. The van der Waals surface area contributed by atoms with Crippen LogP contribution in [0.15, 0.2) is 71.4 Å². The van der Waals surface area contributed by atoms with Gasteiger partial charge in [0.05, 0.1) is 12.6 Å². The maximum Gasteiger partial charge on any atom is 0.117 e. The van der Waals surface area contributed by atoms with E-state index in [4.69, 9.17) is 4.42 Å². The highest BCUT2D eigenvalue weighted by atomic mass is 16.3. The van der Waals surface area contributed by atoms with Gasteiger partial charge in [-0.15, -0.1) is 0 Å². The van der Waals surface area contributed by atoms with E-state index >= 15 is 0 Å². The van der Waals surface area contributed by atoms with Gasteiger partial charge in [0.2, 0.25) is 0 Å². The molecule has 3 heteroatoms. The molecule has 0 saturated carbocycles. The van der Waals surface area contributed by atoms with Crippen LogP contribution in [0.5, 0.6) is 0 Å². The minimum atomic E-state index is 0.125. The molecule has 3 rings (SSSR count). The molecule has 3 nitrogen and oxygen atoms in total. The maximum atomic E-state index is 5.63. The molecule has 1 N–H and O–H groups in total. The molecule has 2 aromatic heterocycles. The van der Waals surface area contributed by atoms with E-state index in [2.05, 4.69) is 34.6 Å². The summed E-state index contributed by atoms with van der Waals surface area (Å²) in [5.74, 6) is 1.88. The Labute approximate surface area is 124 Å². The number of nitrogens with zero attached hydrogens (tertiary/aromatic N) is 1. The number of aromatic nitrogens is 1. The van der Waals surface area contributed by atoms with Crippen LogP contribution in [0.2, 0.25) is 0 Å². The quantitative estimate of drug-likeness (QED) is 0.770. The Bertz CT molecular complexity index is 637. The summed E-state index contributed by atoms with van der Waals surface area (Å²) in [6.45, 7) is 2.65. The number of furan rings is 1. The fourth-order valence-electron chi connectivity index (χ4n) is 2.41. The van der Waals surface area contributed by atoms with Crippen molar-refractivity contribution in [2.75, 3.05) is 0 Å². The largest absolute Gasteiger partial charge is 0.465 e. The first-order valence-electron chi connectivity index (χ1n) is 7.06. The average molecular weight is 278 g/mol. The van der Waals surface area contributed by atoms with Gasteiger partial charge in [-0.25, -0.2) is 0 Å². The molecular weight excluding hydrogens is 260 g/mol. The Hall–Kier alpha value is -2.39. The molecular formula is C18H18N2O. The lowest BCUT2D eigenvalue weighted by atomic mass is 10.00. The van der Waals surface area contributed by atoms with E-state index in [-0.39, 0.29) is 6.04 Å².